The number of piperidine rings is 1. The summed E-state index contributed by atoms with van der Waals surface area (Å²) in [6.45, 7) is -2.66. The van der Waals surface area contributed by atoms with Crippen LogP contribution >= 0.6 is 0 Å². The molecule has 1 fully saturated rings. The second-order valence-electron chi connectivity index (χ2n) is 7.24. The Labute approximate surface area is 174 Å². The van der Waals surface area contributed by atoms with Gasteiger partial charge in [-0.25, -0.2) is 8.42 Å². The molecule has 6 nitrogen and oxygen atoms in total. The Morgan fingerprint density at radius 3 is 2.60 bits per heavy atom. The summed E-state index contributed by atoms with van der Waals surface area (Å²) in [5.41, 5.74) is 1.78. The lowest BCUT2D eigenvalue weighted by molar-refractivity contribution is -0.120. The quantitative estimate of drug-likeness (QED) is 0.716. The van der Waals surface area contributed by atoms with E-state index in [0.717, 1.165) is 18.2 Å². The van der Waals surface area contributed by atoms with E-state index in [1.54, 1.807) is 6.07 Å². The third-order valence-electron chi connectivity index (χ3n) is 4.96. The SMILES string of the molecule is CS(=O)(=O)N1CCCC[C@@H]1C(=O)Nc1ccc(OC(F)F)c(Cc2ccccc2)c1. The van der Waals surface area contributed by atoms with Crippen LogP contribution < -0.4 is 10.1 Å². The Bertz CT molecular complexity index is 984. The summed E-state index contributed by atoms with van der Waals surface area (Å²) < 4.78 is 55.5. The number of benzene rings is 2. The maximum Gasteiger partial charge on any atom is 0.387 e. The van der Waals surface area contributed by atoms with Crippen molar-refractivity contribution in [2.75, 3.05) is 18.1 Å². The molecule has 1 heterocycles. The molecule has 0 aromatic heterocycles. The van der Waals surface area contributed by atoms with Crippen molar-refractivity contribution in [2.24, 2.45) is 0 Å². The van der Waals surface area contributed by atoms with Crippen LogP contribution in [0.5, 0.6) is 5.75 Å². The number of nitrogens with zero attached hydrogens (tertiary/aromatic N) is 1. The molecular formula is C21H24F2N2O4S. The number of rotatable bonds is 7. The van der Waals surface area contributed by atoms with Gasteiger partial charge in [0.2, 0.25) is 15.9 Å². The number of ether oxygens (including phenoxy) is 1. The minimum absolute atomic E-state index is 0.0299. The maximum absolute atomic E-state index is 12.8. The van der Waals surface area contributed by atoms with Gasteiger partial charge in [-0.05, 0) is 36.6 Å². The number of sulfonamides is 1. The molecule has 0 unspecified atom stereocenters. The van der Waals surface area contributed by atoms with Crippen LogP contribution in [0.25, 0.3) is 0 Å². The highest BCUT2D eigenvalue weighted by Gasteiger charge is 2.34. The van der Waals surface area contributed by atoms with Gasteiger partial charge in [0.25, 0.3) is 0 Å². The van der Waals surface area contributed by atoms with Gasteiger partial charge in [0, 0.05) is 24.2 Å². The van der Waals surface area contributed by atoms with E-state index in [0.29, 0.717) is 37.1 Å². The molecule has 1 amide bonds. The molecule has 2 aromatic rings. The highest BCUT2D eigenvalue weighted by atomic mass is 32.2. The van der Waals surface area contributed by atoms with Gasteiger partial charge in [-0.15, -0.1) is 0 Å². The zero-order chi connectivity index (χ0) is 21.7. The zero-order valence-electron chi connectivity index (χ0n) is 16.6. The van der Waals surface area contributed by atoms with E-state index < -0.39 is 28.6 Å². The lowest BCUT2D eigenvalue weighted by atomic mass is 10.0. The van der Waals surface area contributed by atoms with Crippen LogP contribution in [0.4, 0.5) is 14.5 Å². The van der Waals surface area contributed by atoms with E-state index in [9.17, 15) is 22.0 Å². The lowest BCUT2D eigenvalue weighted by Crippen LogP contribution is -2.49. The highest BCUT2D eigenvalue weighted by molar-refractivity contribution is 7.88. The molecule has 0 radical (unpaired) electrons. The Balaban J connectivity index is 1.83. The molecule has 0 spiro atoms. The summed E-state index contributed by atoms with van der Waals surface area (Å²) in [5, 5.41) is 2.73. The zero-order valence-corrected chi connectivity index (χ0v) is 17.4. The molecule has 1 N–H and O–H groups in total. The van der Waals surface area contributed by atoms with Crippen molar-refractivity contribution in [3.05, 3.63) is 59.7 Å². The molecule has 1 aliphatic rings. The molecule has 9 heteroatoms. The Hall–Kier alpha value is -2.52. The lowest BCUT2D eigenvalue weighted by Gasteiger charge is -2.32. The normalized spacial score (nSPS) is 17.7. The second-order valence-corrected chi connectivity index (χ2v) is 9.17. The van der Waals surface area contributed by atoms with Crippen molar-refractivity contribution in [1.29, 1.82) is 0 Å². The maximum atomic E-state index is 12.8. The fourth-order valence-corrected chi connectivity index (χ4v) is 4.74. The monoisotopic (exact) mass is 438 g/mol. The van der Waals surface area contributed by atoms with Crippen molar-refractivity contribution < 1.29 is 26.7 Å². The summed E-state index contributed by atoms with van der Waals surface area (Å²) >= 11 is 0. The molecule has 162 valence electrons. The largest absolute Gasteiger partial charge is 0.435 e. The highest BCUT2D eigenvalue weighted by Crippen LogP contribution is 2.28. The Kier molecular flexibility index (Phi) is 7.04. The van der Waals surface area contributed by atoms with Gasteiger partial charge in [0.1, 0.15) is 11.8 Å². The van der Waals surface area contributed by atoms with Crippen LogP contribution in [0.15, 0.2) is 48.5 Å². The van der Waals surface area contributed by atoms with Gasteiger partial charge < -0.3 is 10.1 Å². The average Bonchev–Trinajstić information content (AvgIpc) is 2.70. The standard InChI is InChI=1S/C21H24F2N2O4S/c1-30(27,28)25-12-6-5-9-18(25)20(26)24-17-10-11-19(29-21(22)23)16(14-17)13-15-7-3-2-4-8-15/h2-4,7-8,10-11,14,18,21H,5-6,9,12-13H2,1H3,(H,24,26)/t18-/m1/s1. The Morgan fingerprint density at radius 2 is 1.93 bits per heavy atom. The molecule has 0 aliphatic carbocycles. The van der Waals surface area contributed by atoms with E-state index in [1.807, 2.05) is 30.3 Å². The number of anilines is 1. The minimum atomic E-state index is -3.51. The van der Waals surface area contributed by atoms with Crippen molar-refractivity contribution in [3.63, 3.8) is 0 Å². The molecule has 1 atom stereocenters. The predicted molar refractivity (Wildman–Crippen MR) is 110 cm³/mol. The fraction of sp³-hybridized carbons (Fsp3) is 0.381. The number of carbonyl (C=O) groups is 1. The average molecular weight is 438 g/mol. The number of hydrogen-bond acceptors (Lipinski definition) is 4. The Morgan fingerprint density at radius 1 is 1.20 bits per heavy atom. The fourth-order valence-electron chi connectivity index (χ4n) is 3.61. The molecule has 0 saturated carbocycles. The summed E-state index contributed by atoms with van der Waals surface area (Å²) in [6.07, 6.45) is 3.32. The van der Waals surface area contributed by atoms with Gasteiger partial charge in [-0.3, -0.25) is 4.79 Å². The summed E-state index contributed by atoms with van der Waals surface area (Å²) in [7, 11) is -3.51. The number of alkyl halides is 2. The van der Waals surface area contributed by atoms with Crippen molar-refractivity contribution >= 4 is 21.6 Å². The van der Waals surface area contributed by atoms with Crippen molar-refractivity contribution in [2.45, 2.75) is 38.3 Å². The number of carbonyl (C=O) groups excluding carboxylic acids is 1. The van der Waals surface area contributed by atoms with E-state index in [2.05, 4.69) is 10.1 Å². The van der Waals surface area contributed by atoms with Crippen LogP contribution in [0.2, 0.25) is 0 Å². The van der Waals surface area contributed by atoms with E-state index in [-0.39, 0.29) is 5.75 Å². The first-order valence-corrected chi connectivity index (χ1v) is 11.5. The van der Waals surface area contributed by atoms with Gasteiger partial charge >= 0.3 is 6.61 Å². The van der Waals surface area contributed by atoms with Crippen molar-refractivity contribution in [3.8, 4) is 5.75 Å². The van der Waals surface area contributed by atoms with Gasteiger partial charge in [0.05, 0.1) is 6.26 Å². The smallest absolute Gasteiger partial charge is 0.387 e. The molecule has 3 rings (SSSR count). The third kappa shape index (κ3) is 5.76. The molecular weight excluding hydrogens is 414 g/mol. The summed E-state index contributed by atoms with van der Waals surface area (Å²) in [5.74, 6) is -0.407. The van der Waals surface area contributed by atoms with Gasteiger partial charge in [-0.1, -0.05) is 36.8 Å². The first-order chi connectivity index (χ1) is 14.2. The molecule has 0 bridgehead atoms. The minimum Gasteiger partial charge on any atom is -0.435 e. The summed E-state index contributed by atoms with van der Waals surface area (Å²) in [4.78, 5) is 12.8. The van der Waals surface area contributed by atoms with E-state index in [4.69, 9.17) is 0 Å². The molecule has 30 heavy (non-hydrogen) atoms. The van der Waals surface area contributed by atoms with Gasteiger partial charge in [0.15, 0.2) is 0 Å². The van der Waals surface area contributed by atoms with Crippen LogP contribution in [0.3, 0.4) is 0 Å². The van der Waals surface area contributed by atoms with Crippen LogP contribution in [0.1, 0.15) is 30.4 Å². The number of nitrogens with one attached hydrogen (secondary N) is 1. The molecule has 1 saturated heterocycles. The van der Waals surface area contributed by atoms with Gasteiger partial charge in [-0.2, -0.15) is 13.1 Å². The third-order valence-corrected chi connectivity index (χ3v) is 6.25. The van der Waals surface area contributed by atoms with E-state index in [1.165, 1.54) is 16.4 Å². The van der Waals surface area contributed by atoms with Crippen molar-refractivity contribution in [1.82, 2.24) is 4.31 Å². The number of halogens is 2. The number of hydrogen-bond donors (Lipinski definition) is 1. The van der Waals surface area contributed by atoms with Crippen LogP contribution in [0, 0.1) is 0 Å². The molecule has 2 aromatic carbocycles. The van der Waals surface area contributed by atoms with Crippen LogP contribution in [-0.4, -0.2) is 44.1 Å². The second kappa shape index (κ2) is 9.53. The molecule has 1 aliphatic heterocycles. The first-order valence-electron chi connectivity index (χ1n) is 9.63. The topological polar surface area (TPSA) is 75.7 Å². The number of amides is 1. The van der Waals surface area contributed by atoms with E-state index >= 15 is 0 Å². The predicted octanol–water partition coefficient (Wildman–Crippen LogP) is 3.63. The summed E-state index contributed by atoms with van der Waals surface area (Å²) in [6, 6.07) is 12.9. The van der Waals surface area contributed by atoms with Crippen LogP contribution in [-0.2, 0) is 21.2 Å². The first kappa shape index (κ1) is 22.2.